The van der Waals surface area contributed by atoms with Crippen LogP contribution in [-0.2, 0) is 11.3 Å². The third-order valence-electron chi connectivity index (χ3n) is 3.91. The second-order valence-electron chi connectivity index (χ2n) is 5.48. The van der Waals surface area contributed by atoms with Gasteiger partial charge in [0.2, 0.25) is 5.91 Å². The molecule has 1 aromatic carbocycles. The van der Waals surface area contributed by atoms with Crippen LogP contribution in [0, 0.1) is 0 Å². The Balaban J connectivity index is 1.89. The lowest BCUT2D eigenvalue weighted by Gasteiger charge is -2.34. The fourth-order valence-corrected chi connectivity index (χ4v) is 3.05. The second-order valence-corrected chi connectivity index (χ2v) is 6.40. The van der Waals surface area contributed by atoms with Gasteiger partial charge in [-0.3, -0.25) is 14.2 Å². The van der Waals surface area contributed by atoms with Gasteiger partial charge in [0.25, 0.3) is 5.56 Å². The molecule has 6 nitrogen and oxygen atoms in total. The summed E-state index contributed by atoms with van der Waals surface area (Å²) in [6.07, 6.45) is 1.45. The largest absolute Gasteiger partial charge is 0.336 e. The van der Waals surface area contributed by atoms with Crippen molar-refractivity contribution in [3.8, 4) is 0 Å². The highest BCUT2D eigenvalue weighted by molar-refractivity contribution is 9.10. The van der Waals surface area contributed by atoms with E-state index in [9.17, 15) is 9.59 Å². The SMILES string of the molecule is CC1CNCCN1C(=O)Cn1cnc2ccc(Br)cc2c1=O. The lowest BCUT2D eigenvalue weighted by atomic mass is 10.2. The Morgan fingerprint density at radius 2 is 2.32 bits per heavy atom. The third-order valence-corrected chi connectivity index (χ3v) is 4.41. The minimum Gasteiger partial charge on any atom is -0.336 e. The lowest BCUT2D eigenvalue weighted by Crippen LogP contribution is -2.53. The van der Waals surface area contributed by atoms with E-state index in [1.807, 2.05) is 17.9 Å². The van der Waals surface area contributed by atoms with Crippen LogP contribution < -0.4 is 10.9 Å². The molecule has 22 heavy (non-hydrogen) atoms. The Labute approximate surface area is 136 Å². The average molecular weight is 365 g/mol. The van der Waals surface area contributed by atoms with E-state index >= 15 is 0 Å². The summed E-state index contributed by atoms with van der Waals surface area (Å²) in [5.74, 6) is -0.0488. The van der Waals surface area contributed by atoms with E-state index in [4.69, 9.17) is 0 Å². The average Bonchev–Trinajstić information content (AvgIpc) is 2.51. The van der Waals surface area contributed by atoms with Crippen LogP contribution in [0.25, 0.3) is 10.9 Å². The molecule has 0 bridgehead atoms. The van der Waals surface area contributed by atoms with Crippen LogP contribution in [0.4, 0.5) is 0 Å². The normalized spacial score (nSPS) is 18.6. The molecule has 1 unspecified atom stereocenters. The highest BCUT2D eigenvalue weighted by atomic mass is 79.9. The van der Waals surface area contributed by atoms with Crippen LogP contribution in [-0.4, -0.2) is 46.0 Å². The number of rotatable bonds is 2. The van der Waals surface area contributed by atoms with Crippen molar-refractivity contribution in [3.05, 3.63) is 39.4 Å². The van der Waals surface area contributed by atoms with Crippen molar-refractivity contribution in [2.75, 3.05) is 19.6 Å². The molecule has 2 heterocycles. The summed E-state index contributed by atoms with van der Waals surface area (Å²) in [5.41, 5.74) is 0.440. The summed E-state index contributed by atoms with van der Waals surface area (Å²) in [5, 5.41) is 3.76. The number of nitrogens with zero attached hydrogens (tertiary/aromatic N) is 3. The number of nitrogens with one attached hydrogen (secondary N) is 1. The molecule has 1 aliphatic heterocycles. The van der Waals surface area contributed by atoms with Crippen molar-refractivity contribution >= 4 is 32.7 Å². The van der Waals surface area contributed by atoms with E-state index in [1.54, 1.807) is 12.1 Å². The molecule has 1 atom stereocenters. The summed E-state index contributed by atoms with van der Waals surface area (Å²) < 4.78 is 2.20. The molecule has 1 saturated heterocycles. The number of aromatic nitrogens is 2. The molecule has 2 aromatic rings. The van der Waals surface area contributed by atoms with E-state index in [-0.39, 0.29) is 24.1 Å². The molecule has 0 saturated carbocycles. The molecule has 1 fully saturated rings. The minimum absolute atomic E-state index is 0.0264. The van der Waals surface area contributed by atoms with Crippen molar-refractivity contribution in [1.29, 1.82) is 0 Å². The molecule has 0 aliphatic carbocycles. The topological polar surface area (TPSA) is 67.2 Å². The minimum atomic E-state index is -0.192. The molecule has 7 heteroatoms. The zero-order chi connectivity index (χ0) is 15.7. The molecule has 1 aliphatic rings. The molecule has 116 valence electrons. The van der Waals surface area contributed by atoms with Crippen LogP contribution in [0.15, 0.2) is 33.8 Å². The van der Waals surface area contributed by atoms with Crippen LogP contribution in [0.5, 0.6) is 0 Å². The first-order valence-electron chi connectivity index (χ1n) is 7.21. The zero-order valence-electron chi connectivity index (χ0n) is 12.3. The number of carbonyl (C=O) groups is 1. The number of carbonyl (C=O) groups excluding carboxylic acids is 1. The number of hydrogen-bond donors (Lipinski definition) is 1. The smallest absolute Gasteiger partial charge is 0.261 e. The van der Waals surface area contributed by atoms with Gasteiger partial charge in [0, 0.05) is 30.1 Å². The molecule has 0 spiro atoms. The summed E-state index contributed by atoms with van der Waals surface area (Å²) in [6, 6.07) is 5.50. The first kappa shape index (κ1) is 15.2. The number of amides is 1. The standard InChI is InChI=1S/C15H17BrN4O2/c1-10-7-17-4-5-20(10)14(21)8-19-9-18-13-3-2-11(16)6-12(13)15(19)22/h2-3,6,9-10,17H,4-5,7-8H2,1H3. The molecule has 1 amide bonds. The van der Waals surface area contributed by atoms with E-state index in [1.165, 1.54) is 10.9 Å². The van der Waals surface area contributed by atoms with Gasteiger partial charge in [0.15, 0.2) is 0 Å². The molecule has 3 rings (SSSR count). The maximum Gasteiger partial charge on any atom is 0.261 e. The van der Waals surface area contributed by atoms with Crippen molar-refractivity contribution in [3.63, 3.8) is 0 Å². The van der Waals surface area contributed by atoms with E-state index in [2.05, 4.69) is 26.2 Å². The molecule has 1 aromatic heterocycles. The lowest BCUT2D eigenvalue weighted by molar-refractivity contribution is -0.134. The van der Waals surface area contributed by atoms with E-state index < -0.39 is 0 Å². The zero-order valence-corrected chi connectivity index (χ0v) is 13.8. The van der Waals surface area contributed by atoms with Crippen molar-refractivity contribution in [2.45, 2.75) is 19.5 Å². The fraction of sp³-hybridized carbons (Fsp3) is 0.400. The van der Waals surface area contributed by atoms with Crippen molar-refractivity contribution in [2.24, 2.45) is 0 Å². The van der Waals surface area contributed by atoms with Gasteiger partial charge in [-0.1, -0.05) is 15.9 Å². The van der Waals surface area contributed by atoms with Crippen LogP contribution in [0.1, 0.15) is 6.92 Å². The van der Waals surface area contributed by atoms with Crippen LogP contribution >= 0.6 is 15.9 Å². The Hall–Kier alpha value is -1.73. The summed E-state index contributed by atoms with van der Waals surface area (Å²) in [7, 11) is 0. The first-order chi connectivity index (χ1) is 10.6. The molecule has 0 radical (unpaired) electrons. The van der Waals surface area contributed by atoms with Crippen LogP contribution in [0.3, 0.4) is 0 Å². The highest BCUT2D eigenvalue weighted by Crippen LogP contribution is 2.15. The second kappa shape index (κ2) is 6.18. The summed E-state index contributed by atoms with van der Waals surface area (Å²) >= 11 is 3.35. The predicted molar refractivity (Wildman–Crippen MR) is 87.7 cm³/mol. The quantitative estimate of drug-likeness (QED) is 0.862. The number of benzene rings is 1. The third kappa shape index (κ3) is 2.91. The maximum absolute atomic E-state index is 12.5. The highest BCUT2D eigenvalue weighted by Gasteiger charge is 2.23. The van der Waals surface area contributed by atoms with Gasteiger partial charge in [0.05, 0.1) is 17.2 Å². The maximum atomic E-state index is 12.5. The summed E-state index contributed by atoms with van der Waals surface area (Å²) in [4.78, 5) is 31.0. The van der Waals surface area contributed by atoms with Gasteiger partial charge >= 0.3 is 0 Å². The number of piperazine rings is 1. The van der Waals surface area contributed by atoms with Gasteiger partial charge < -0.3 is 10.2 Å². The van der Waals surface area contributed by atoms with Crippen LogP contribution in [0.2, 0.25) is 0 Å². The summed E-state index contributed by atoms with van der Waals surface area (Å²) in [6.45, 7) is 4.26. The monoisotopic (exact) mass is 364 g/mol. The molecule has 1 N–H and O–H groups in total. The van der Waals surface area contributed by atoms with E-state index in [0.717, 1.165) is 17.6 Å². The van der Waals surface area contributed by atoms with Crippen molar-refractivity contribution in [1.82, 2.24) is 19.8 Å². The molecular formula is C15H17BrN4O2. The number of hydrogen-bond acceptors (Lipinski definition) is 4. The predicted octanol–water partition coefficient (Wildman–Crippen LogP) is 0.979. The van der Waals surface area contributed by atoms with E-state index in [0.29, 0.717) is 17.4 Å². The van der Waals surface area contributed by atoms with Gasteiger partial charge in [-0.15, -0.1) is 0 Å². The number of halogens is 1. The Morgan fingerprint density at radius 3 is 3.09 bits per heavy atom. The Bertz CT molecular complexity index is 774. The van der Waals surface area contributed by atoms with Gasteiger partial charge in [-0.25, -0.2) is 4.98 Å². The number of fused-ring (bicyclic) bond motifs is 1. The first-order valence-corrected chi connectivity index (χ1v) is 8.00. The van der Waals surface area contributed by atoms with Gasteiger partial charge in [-0.05, 0) is 25.1 Å². The molecular weight excluding hydrogens is 348 g/mol. The Morgan fingerprint density at radius 1 is 1.50 bits per heavy atom. The van der Waals surface area contributed by atoms with Crippen molar-refractivity contribution < 1.29 is 4.79 Å². The van der Waals surface area contributed by atoms with Gasteiger partial charge in [-0.2, -0.15) is 0 Å². The van der Waals surface area contributed by atoms with Gasteiger partial charge in [0.1, 0.15) is 6.54 Å². The fourth-order valence-electron chi connectivity index (χ4n) is 2.69. The Kier molecular flexibility index (Phi) is 4.26.